The van der Waals surface area contributed by atoms with Crippen molar-refractivity contribution in [3.63, 3.8) is 0 Å². The molecule has 0 spiro atoms. The number of hydrogen-bond acceptors (Lipinski definition) is 2. The molecule has 0 heterocycles. The van der Waals surface area contributed by atoms with E-state index in [0.29, 0.717) is 5.56 Å². The maximum Gasteiger partial charge on any atom is 0.242 e. The van der Waals surface area contributed by atoms with Crippen molar-refractivity contribution in [1.82, 2.24) is 0 Å². The van der Waals surface area contributed by atoms with Crippen molar-refractivity contribution >= 4 is 0 Å². The Hall–Kier alpha value is -2.15. The van der Waals surface area contributed by atoms with Crippen LogP contribution < -0.4 is 0 Å². The zero-order valence-electron chi connectivity index (χ0n) is 7.11. The SMILES string of the molecule is O=[N+]([O-])/C=C/C#Cc1ccc(F)cc1. The first-order valence-corrected chi connectivity index (χ1v) is 3.76. The van der Waals surface area contributed by atoms with Gasteiger partial charge in [-0.2, -0.15) is 0 Å². The standard InChI is InChI=1S/C10H6FNO2/c11-10-6-4-9(5-7-10)3-1-2-8-12(13)14/h2,4-8H/b8-2+. The molecule has 14 heavy (non-hydrogen) atoms. The smallest absolute Gasteiger partial charge is 0.242 e. The molecule has 0 saturated heterocycles. The van der Waals surface area contributed by atoms with Gasteiger partial charge in [0, 0.05) is 5.56 Å². The molecule has 1 aromatic carbocycles. The highest BCUT2D eigenvalue weighted by Gasteiger charge is 1.87. The Kier molecular flexibility index (Phi) is 3.39. The van der Waals surface area contributed by atoms with Gasteiger partial charge < -0.3 is 0 Å². The van der Waals surface area contributed by atoms with Crippen molar-refractivity contribution in [3.05, 3.63) is 58.0 Å². The summed E-state index contributed by atoms with van der Waals surface area (Å²) < 4.78 is 12.4. The molecule has 0 atom stereocenters. The van der Waals surface area contributed by atoms with Crippen LogP contribution in [0.5, 0.6) is 0 Å². The molecule has 0 aliphatic heterocycles. The highest BCUT2D eigenvalue weighted by atomic mass is 19.1. The molecular formula is C10H6FNO2. The van der Waals surface area contributed by atoms with Gasteiger partial charge in [-0.05, 0) is 24.3 Å². The van der Waals surface area contributed by atoms with Gasteiger partial charge in [0.1, 0.15) is 5.82 Å². The topological polar surface area (TPSA) is 43.1 Å². The molecule has 0 amide bonds. The molecular weight excluding hydrogens is 185 g/mol. The van der Waals surface area contributed by atoms with Crippen molar-refractivity contribution in [2.75, 3.05) is 0 Å². The third-order valence-corrected chi connectivity index (χ3v) is 1.34. The quantitative estimate of drug-likeness (QED) is 0.387. The van der Waals surface area contributed by atoms with Crippen LogP contribution in [-0.2, 0) is 0 Å². The molecule has 0 aliphatic carbocycles. The van der Waals surface area contributed by atoms with Crippen LogP contribution in [0.4, 0.5) is 4.39 Å². The highest BCUT2D eigenvalue weighted by Crippen LogP contribution is 2.00. The van der Waals surface area contributed by atoms with Gasteiger partial charge in [0.2, 0.25) is 6.20 Å². The van der Waals surface area contributed by atoms with Crippen molar-refractivity contribution in [2.45, 2.75) is 0 Å². The van der Waals surface area contributed by atoms with E-state index in [9.17, 15) is 14.5 Å². The molecule has 70 valence electrons. The summed E-state index contributed by atoms with van der Waals surface area (Å²) in [7, 11) is 0. The first-order valence-electron chi connectivity index (χ1n) is 3.76. The summed E-state index contributed by atoms with van der Waals surface area (Å²) in [4.78, 5) is 9.26. The Labute approximate surface area is 80.0 Å². The van der Waals surface area contributed by atoms with Crippen LogP contribution in [0.1, 0.15) is 5.56 Å². The average molecular weight is 191 g/mol. The third kappa shape index (κ3) is 3.50. The molecule has 0 N–H and O–H groups in total. The second kappa shape index (κ2) is 4.77. The van der Waals surface area contributed by atoms with Crippen LogP contribution in [0, 0.1) is 27.8 Å². The van der Waals surface area contributed by atoms with Gasteiger partial charge in [0.15, 0.2) is 0 Å². The number of halogens is 1. The second-order valence-corrected chi connectivity index (χ2v) is 2.38. The van der Waals surface area contributed by atoms with Gasteiger partial charge in [-0.15, -0.1) is 0 Å². The molecule has 3 nitrogen and oxygen atoms in total. The minimum atomic E-state index is -0.598. The van der Waals surface area contributed by atoms with Crippen molar-refractivity contribution < 1.29 is 9.31 Å². The summed E-state index contributed by atoms with van der Waals surface area (Å²) >= 11 is 0. The number of benzene rings is 1. The van der Waals surface area contributed by atoms with Crippen molar-refractivity contribution in [3.8, 4) is 11.8 Å². The van der Waals surface area contributed by atoms with Crippen LogP contribution in [0.15, 0.2) is 36.5 Å². The first-order chi connectivity index (χ1) is 6.68. The van der Waals surface area contributed by atoms with E-state index < -0.39 is 4.92 Å². The fraction of sp³-hybridized carbons (Fsp3) is 0. The van der Waals surface area contributed by atoms with Gasteiger partial charge in [0.25, 0.3) is 0 Å². The number of allylic oxidation sites excluding steroid dienone is 1. The molecule has 0 saturated carbocycles. The van der Waals surface area contributed by atoms with E-state index in [1.54, 1.807) is 0 Å². The molecule has 0 aromatic heterocycles. The van der Waals surface area contributed by atoms with E-state index in [2.05, 4.69) is 11.8 Å². The Bertz CT molecular complexity index is 412. The summed E-state index contributed by atoms with van der Waals surface area (Å²) in [5, 5.41) is 9.86. The Morgan fingerprint density at radius 3 is 2.57 bits per heavy atom. The third-order valence-electron chi connectivity index (χ3n) is 1.34. The van der Waals surface area contributed by atoms with E-state index >= 15 is 0 Å². The lowest BCUT2D eigenvalue weighted by atomic mass is 10.2. The Balaban J connectivity index is 2.68. The number of nitro groups is 1. The lowest BCUT2D eigenvalue weighted by Gasteiger charge is -1.87. The average Bonchev–Trinajstić information content (AvgIpc) is 2.15. The maximum atomic E-state index is 12.4. The maximum absolute atomic E-state index is 12.4. The minimum Gasteiger partial charge on any atom is -0.259 e. The Morgan fingerprint density at radius 2 is 2.00 bits per heavy atom. The Morgan fingerprint density at radius 1 is 1.36 bits per heavy atom. The molecule has 0 unspecified atom stereocenters. The van der Waals surface area contributed by atoms with Gasteiger partial charge in [-0.25, -0.2) is 4.39 Å². The predicted octanol–water partition coefficient (Wildman–Crippen LogP) is 1.97. The van der Waals surface area contributed by atoms with Crippen LogP contribution in [0.3, 0.4) is 0 Å². The molecule has 0 fully saturated rings. The van der Waals surface area contributed by atoms with E-state index in [-0.39, 0.29) is 5.82 Å². The number of rotatable bonds is 1. The number of nitrogens with zero attached hydrogens (tertiary/aromatic N) is 1. The predicted molar refractivity (Wildman–Crippen MR) is 49.4 cm³/mol. The fourth-order valence-corrected chi connectivity index (χ4v) is 0.756. The van der Waals surface area contributed by atoms with Crippen molar-refractivity contribution in [1.29, 1.82) is 0 Å². The van der Waals surface area contributed by atoms with Gasteiger partial charge in [-0.1, -0.05) is 11.8 Å². The van der Waals surface area contributed by atoms with E-state index in [1.165, 1.54) is 24.3 Å². The van der Waals surface area contributed by atoms with Gasteiger partial charge in [0.05, 0.1) is 11.0 Å². The summed E-state index contributed by atoms with van der Waals surface area (Å²) in [5.41, 5.74) is 0.611. The normalized spacial score (nSPS) is 9.50. The van der Waals surface area contributed by atoms with Crippen LogP contribution in [-0.4, -0.2) is 4.92 Å². The largest absolute Gasteiger partial charge is 0.259 e. The van der Waals surface area contributed by atoms with Crippen LogP contribution >= 0.6 is 0 Å². The number of hydrogen-bond donors (Lipinski definition) is 0. The minimum absolute atomic E-state index is 0.337. The fourth-order valence-electron chi connectivity index (χ4n) is 0.756. The van der Waals surface area contributed by atoms with E-state index in [0.717, 1.165) is 12.3 Å². The van der Waals surface area contributed by atoms with Crippen LogP contribution in [0.25, 0.3) is 0 Å². The molecule has 4 heteroatoms. The molecule has 0 aliphatic rings. The molecule has 1 rings (SSSR count). The first kappa shape index (κ1) is 9.93. The zero-order chi connectivity index (χ0) is 10.4. The van der Waals surface area contributed by atoms with E-state index in [4.69, 9.17) is 0 Å². The highest BCUT2D eigenvalue weighted by molar-refractivity contribution is 5.36. The van der Waals surface area contributed by atoms with E-state index in [1.807, 2.05) is 0 Å². The van der Waals surface area contributed by atoms with Crippen LogP contribution in [0.2, 0.25) is 0 Å². The van der Waals surface area contributed by atoms with Crippen molar-refractivity contribution in [2.24, 2.45) is 0 Å². The summed E-state index contributed by atoms with van der Waals surface area (Å²) in [5.74, 6) is 4.74. The molecule has 1 aromatic rings. The molecule has 0 radical (unpaired) electrons. The summed E-state index contributed by atoms with van der Waals surface area (Å²) in [6.07, 6.45) is 1.87. The summed E-state index contributed by atoms with van der Waals surface area (Å²) in [6, 6.07) is 5.56. The monoisotopic (exact) mass is 191 g/mol. The lowest BCUT2D eigenvalue weighted by molar-refractivity contribution is -0.402. The summed E-state index contributed by atoms with van der Waals surface area (Å²) in [6.45, 7) is 0. The second-order valence-electron chi connectivity index (χ2n) is 2.38. The zero-order valence-corrected chi connectivity index (χ0v) is 7.11. The van der Waals surface area contributed by atoms with Gasteiger partial charge >= 0.3 is 0 Å². The molecule has 0 bridgehead atoms. The lowest BCUT2D eigenvalue weighted by Crippen LogP contribution is -1.80. The van der Waals surface area contributed by atoms with Gasteiger partial charge in [-0.3, -0.25) is 10.1 Å².